The summed E-state index contributed by atoms with van der Waals surface area (Å²) in [6.45, 7) is 5.37. The molecule has 0 unspecified atom stereocenters. The number of nitrogens with zero attached hydrogens (tertiary/aromatic N) is 1. The second-order valence-corrected chi connectivity index (χ2v) is 10.8. The maximum atomic E-state index is 13.1. The number of halogens is 1. The van der Waals surface area contributed by atoms with Crippen molar-refractivity contribution in [3.63, 3.8) is 0 Å². The van der Waals surface area contributed by atoms with Crippen molar-refractivity contribution in [2.45, 2.75) is 52.1 Å². The molecule has 1 fully saturated rings. The highest BCUT2D eigenvalue weighted by molar-refractivity contribution is 6.30. The number of anilines is 2. The topological polar surface area (TPSA) is 91.4 Å². The molecule has 8 nitrogen and oxygen atoms in total. The third-order valence-electron chi connectivity index (χ3n) is 6.04. The van der Waals surface area contributed by atoms with E-state index in [2.05, 4.69) is 0 Å². The van der Waals surface area contributed by atoms with Gasteiger partial charge in [0.15, 0.2) is 6.61 Å². The van der Waals surface area contributed by atoms with Crippen LogP contribution in [0.3, 0.4) is 0 Å². The van der Waals surface area contributed by atoms with Crippen molar-refractivity contribution in [1.29, 1.82) is 0 Å². The third kappa shape index (κ3) is 9.99. The van der Waals surface area contributed by atoms with E-state index >= 15 is 0 Å². The van der Waals surface area contributed by atoms with Crippen molar-refractivity contribution >= 4 is 41.0 Å². The van der Waals surface area contributed by atoms with Crippen molar-refractivity contribution in [2.24, 2.45) is 11.8 Å². The summed E-state index contributed by atoms with van der Waals surface area (Å²) < 4.78 is 21.2. The summed E-state index contributed by atoms with van der Waals surface area (Å²) in [6.07, 6.45) is 3.19. The van der Waals surface area contributed by atoms with Gasteiger partial charge in [-0.15, -0.1) is 0 Å². The minimum absolute atomic E-state index is 0.208. The van der Waals surface area contributed by atoms with Crippen LogP contribution >= 0.6 is 11.6 Å². The highest BCUT2D eigenvalue weighted by atomic mass is 35.5. The van der Waals surface area contributed by atoms with Gasteiger partial charge in [0.2, 0.25) is 0 Å². The zero-order valence-electron chi connectivity index (χ0n) is 22.2. The number of esters is 2. The molecule has 38 heavy (non-hydrogen) atoms. The van der Waals surface area contributed by atoms with Crippen molar-refractivity contribution in [3.05, 3.63) is 59.6 Å². The Kier molecular flexibility index (Phi) is 11.0. The van der Waals surface area contributed by atoms with E-state index in [1.807, 2.05) is 30.3 Å². The quantitative estimate of drug-likeness (QED) is 0.255. The first-order valence-electron chi connectivity index (χ1n) is 12.8. The number of para-hydroxylation sites is 1. The van der Waals surface area contributed by atoms with Crippen LogP contribution in [-0.2, 0) is 28.5 Å². The maximum Gasteiger partial charge on any atom is 0.418 e. The molecule has 1 aliphatic carbocycles. The standard InChI is InChI=1S/C29H36ClNO7/c1-29(2,3)38-27(33)20-36-26(32)19-35-17-21-9-11-22(12-10-21)18-37-28(34)31(24-7-5-4-6-8-24)25-15-13-23(30)14-16-25/h4-8,13-16,21-22H,9-12,17-20H2,1-3H3. The second-order valence-electron chi connectivity index (χ2n) is 10.4. The average Bonchev–Trinajstić information content (AvgIpc) is 2.88. The van der Waals surface area contributed by atoms with E-state index in [9.17, 15) is 14.4 Å². The minimum Gasteiger partial charge on any atom is -0.457 e. The maximum absolute atomic E-state index is 13.1. The number of hydrogen-bond acceptors (Lipinski definition) is 7. The van der Waals surface area contributed by atoms with Gasteiger partial charge in [0.05, 0.1) is 24.6 Å². The van der Waals surface area contributed by atoms with Gasteiger partial charge < -0.3 is 18.9 Å². The molecule has 0 aliphatic heterocycles. The molecule has 0 saturated heterocycles. The number of carbonyl (C=O) groups is 3. The summed E-state index contributed by atoms with van der Waals surface area (Å²) in [5, 5.41) is 0.591. The first-order valence-corrected chi connectivity index (χ1v) is 13.2. The van der Waals surface area contributed by atoms with Gasteiger partial charge in [-0.2, -0.15) is 0 Å². The fourth-order valence-electron chi connectivity index (χ4n) is 4.21. The molecule has 2 aromatic carbocycles. The van der Waals surface area contributed by atoms with Gasteiger partial charge in [0.1, 0.15) is 12.2 Å². The Labute approximate surface area is 229 Å². The summed E-state index contributed by atoms with van der Waals surface area (Å²) in [7, 11) is 0. The summed E-state index contributed by atoms with van der Waals surface area (Å²) >= 11 is 6.02. The summed E-state index contributed by atoms with van der Waals surface area (Å²) in [6, 6.07) is 16.4. The fraction of sp³-hybridized carbons (Fsp3) is 0.483. The van der Waals surface area contributed by atoms with Gasteiger partial charge in [-0.25, -0.2) is 19.3 Å². The Hall–Kier alpha value is -3.10. The second kappa shape index (κ2) is 14.2. The molecule has 0 bridgehead atoms. The van der Waals surface area contributed by atoms with Crippen molar-refractivity contribution in [1.82, 2.24) is 0 Å². The van der Waals surface area contributed by atoms with Gasteiger partial charge in [0, 0.05) is 5.02 Å². The lowest BCUT2D eigenvalue weighted by atomic mass is 9.83. The van der Waals surface area contributed by atoms with Crippen LogP contribution in [0.2, 0.25) is 5.02 Å². The minimum atomic E-state index is -0.630. The Morgan fingerprint density at radius 1 is 0.789 bits per heavy atom. The number of carbonyl (C=O) groups excluding carboxylic acids is 3. The predicted molar refractivity (Wildman–Crippen MR) is 144 cm³/mol. The first-order chi connectivity index (χ1) is 18.1. The predicted octanol–water partition coefficient (Wildman–Crippen LogP) is 6.32. The van der Waals surface area contributed by atoms with E-state index in [0.29, 0.717) is 35.5 Å². The molecule has 1 aliphatic rings. The molecular formula is C29H36ClNO7. The van der Waals surface area contributed by atoms with Crippen LogP contribution in [0.5, 0.6) is 0 Å². The molecule has 0 N–H and O–H groups in total. The van der Waals surface area contributed by atoms with Crippen molar-refractivity contribution in [3.8, 4) is 0 Å². The molecule has 9 heteroatoms. The summed E-state index contributed by atoms with van der Waals surface area (Å²) in [4.78, 5) is 38.1. The molecular weight excluding hydrogens is 510 g/mol. The lowest BCUT2D eigenvalue weighted by Gasteiger charge is -2.29. The van der Waals surface area contributed by atoms with Gasteiger partial charge in [-0.3, -0.25) is 0 Å². The van der Waals surface area contributed by atoms with Crippen LogP contribution in [0, 0.1) is 11.8 Å². The largest absolute Gasteiger partial charge is 0.457 e. The average molecular weight is 546 g/mol. The number of hydrogen-bond donors (Lipinski definition) is 0. The van der Waals surface area contributed by atoms with Gasteiger partial charge in [-0.1, -0.05) is 29.8 Å². The van der Waals surface area contributed by atoms with Crippen molar-refractivity contribution in [2.75, 3.05) is 31.3 Å². The molecule has 0 atom stereocenters. The zero-order chi connectivity index (χ0) is 27.5. The van der Waals surface area contributed by atoms with Crippen LogP contribution in [0.1, 0.15) is 46.5 Å². The molecule has 1 saturated carbocycles. The number of benzene rings is 2. The Bertz CT molecular complexity index is 1040. The third-order valence-corrected chi connectivity index (χ3v) is 6.29. The van der Waals surface area contributed by atoms with Crippen LogP contribution in [0.25, 0.3) is 0 Å². The van der Waals surface area contributed by atoms with Crippen LogP contribution < -0.4 is 4.90 Å². The van der Waals surface area contributed by atoms with Crippen LogP contribution in [0.4, 0.5) is 16.2 Å². The van der Waals surface area contributed by atoms with E-state index in [0.717, 1.165) is 25.7 Å². The van der Waals surface area contributed by atoms with E-state index in [1.165, 1.54) is 4.90 Å². The SMILES string of the molecule is CC(C)(C)OC(=O)COC(=O)COCC1CCC(COC(=O)N(c2ccccc2)c2ccc(Cl)cc2)CC1. The van der Waals surface area contributed by atoms with E-state index in [-0.39, 0.29) is 12.5 Å². The summed E-state index contributed by atoms with van der Waals surface area (Å²) in [5.41, 5.74) is 0.760. The van der Waals surface area contributed by atoms with Crippen LogP contribution in [0.15, 0.2) is 54.6 Å². The van der Waals surface area contributed by atoms with Gasteiger partial charge in [-0.05, 0) is 94.7 Å². The Morgan fingerprint density at radius 3 is 1.97 bits per heavy atom. The normalized spacial score (nSPS) is 17.4. The smallest absolute Gasteiger partial charge is 0.418 e. The molecule has 0 heterocycles. The number of rotatable bonds is 10. The summed E-state index contributed by atoms with van der Waals surface area (Å²) in [5.74, 6) is -0.614. The molecule has 2 aromatic rings. The zero-order valence-corrected chi connectivity index (χ0v) is 22.9. The highest BCUT2D eigenvalue weighted by Crippen LogP contribution is 2.31. The fourth-order valence-corrected chi connectivity index (χ4v) is 4.33. The monoisotopic (exact) mass is 545 g/mol. The lowest BCUT2D eigenvalue weighted by Crippen LogP contribution is -2.30. The molecule has 3 rings (SSSR count). The van der Waals surface area contributed by atoms with E-state index in [1.54, 1.807) is 45.0 Å². The number of ether oxygens (including phenoxy) is 4. The number of amides is 1. The molecule has 0 radical (unpaired) electrons. The van der Waals surface area contributed by atoms with Crippen LogP contribution in [-0.4, -0.2) is 50.1 Å². The van der Waals surface area contributed by atoms with Crippen molar-refractivity contribution < 1.29 is 33.3 Å². The van der Waals surface area contributed by atoms with E-state index < -0.39 is 30.2 Å². The Balaban J connectivity index is 1.37. The van der Waals surface area contributed by atoms with Gasteiger partial charge >= 0.3 is 18.0 Å². The first kappa shape index (κ1) is 29.5. The lowest BCUT2D eigenvalue weighted by molar-refractivity contribution is -0.168. The Morgan fingerprint density at radius 2 is 1.37 bits per heavy atom. The molecule has 0 aromatic heterocycles. The van der Waals surface area contributed by atoms with Gasteiger partial charge in [0.25, 0.3) is 0 Å². The molecule has 206 valence electrons. The molecule has 0 spiro atoms. The molecule has 1 amide bonds. The highest BCUT2D eigenvalue weighted by Gasteiger charge is 2.25. The van der Waals surface area contributed by atoms with E-state index in [4.69, 9.17) is 30.5 Å².